The molecule has 0 aromatic heterocycles. The molecule has 0 aliphatic carbocycles. The number of fused-ring (bicyclic) bond motifs is 1. The fourth-order valence-corrected chi connectivity index (χ4v) is 2.32. The molecule has 0 radical (unpaired) electrons. The summed E-state index contributed by atoms with van der Waals surface area (Å²) in [5.74, 6) is 0.0411. The molecule has 1 aliphatic rings. The van der Waals surface area contributed by atoms with Crippen molar-refractivity contribution >= 4 is 23.2 Å². The molecular weight excluding hydrogens is 242 g/mol. The molecule has 0 spiro atoms. The van der Waals surface area contributed by atoms with Crippen molar-refractivity contribution in [3.8, 4) is 0 Å². The first kappa shape index (κ1) is 13.4. The lowest BCUT2D eigenvalue weighted by atomic mass is 10.0. The minimum atomic E-state index is -0.0298. The van der Waals surface area contributed by atoms with E-state index in [4.69, 9.17) is 5.73 Å². The molecule has 0 unspecified atom stereocenters. The summed E-state index contributed by atoms with van der Waals surface area (Å²) in [7, 11) is 0. The number of carbonyl (C=O) groups is 2. The molecule has 0 bridgehead atoms. The Labute approximate surface area is 112 Å². The lowest BCUT2D eigenvalue weighted by molar-refractivity contribution is -0.121. The first-order valence-electron chi connectivity index (χ1n) is 6.57. The molecule has 2 rings (SSSR count). The normalized spacial score (nSPS) is 14.2. The molecular formula is C14H19N3O2. The molecule has 5 nitrogen and oxygen atoms in total. The van der Waals surface area contributed by atoms with Crippen LogP contribution in [0.5, 0.6) is 0 Å². The van der Waals surface area contributed by atoms with Crippen LogP contribution in [0.4, 0.5) is 11.4 Å². The molecule has 0 fully saturated rings. The number of hydrogen-bond donors (Lipinski definition) is 2. The van der Waals surface area contributed by atoms with Gasteiger partial charge in [0.1, 0.15) is 0 Å². The van der Waals surface area contributed by atoms with E-state index < -0.39 is 0 Å². The molecule has 0 saturated heterocycles. The highest BCUT2D eigenvalue weighted by atomic mass is 16.2. The third-order valence-electron chi connectivity index (χ3n) is 3.24. The SMILES string of the molecule is CCNC(=O)CCN1C(=O)CCc2cc(N)ccc21. The minimum absolute atomic E-state index is 0.0298. The standard InChI is InChI=1S/C14H19N3O2/c1-2-16-13(18)7-8-17-12-5-4-11(15)9-10(12)3-6-14(17)19/h4-5,9H,2-3,6-8,15H2,1H3,(H,16,18). The lowest BCUT2D eigenvalue weighted by Crippen LogP contribution is -2.38. The second kappa shape index (κ2) is 5.73. The summed E-state index contributed by atoms with van der Waals surface area (Å²) in [6.07, 6.45) is 1.52. The van der Waals surface area contributed by atoms with Crippen LogP contribution in [-0.4, -0.2) is 24.9 Å². The van der Waals surface area contributed by atoms with Gasteiger partial charge in [0, 0.05) is 37.3 Å². The van der Waals surface area contributed by atoms with Crippen LogP contribution >= 0.6 is 0 Å². The Kier molecular flexibility index (Phi) is 4.04. The molecule has 1 aliphatic heterocycles. The summed E-state index contributed by atoms with van der Waals surface area (Å²) in [6.45, 7) is 2.91. The van der Waals surface area contributed by atoms with Crippen molar-refractivity contribution in [3.05, 3.63) is 23.8 Å². The highest BCUT2D eigenvalue weighted by Gasteiger charge is 2.24. The van der Waals surface area contributed by atoms with Crippen LogP contribution in [0, 0.1) is 0 Å². The molecule has 1 aromatic rings. The molecule has 19 heavy (non-hydrogen) atoms. The Bertz CT molecular complexity index is 499. The maximum Gasteiger partial charge on any atom is 0.227 e. The number of anilines is 2. The van der Waals surface area contributed by atoms with Crippen LogP contribution in [-0.2, 0) is 16.0 Å². The van der Waals surface area contributed by atoms with Gasteiger partial charge in [-0.05, 0) is 37.1 Å². The van der Waals surface area contributed by atoms with Gasteiger partial charge in [0.25, 0.3) is 0 Å². The average molecular weight is 261 g/mol. The monoisotopic (exact) mass is 261 g/mol. The van der Waals surface area contributed by atoms with Gasteiger partial charge >= 0.3 is 0 Å². The molecule has 0 saturated carbocycles. The van der Waals surface area contributed by atoms with E-state index in [0.717, 1.165) is 17.7 Å². The first-order valence-corrected chi connectivity index (χ1v) is 6.57. The summed E-state index contributed by atoms with van der Waals surface area (Å²) in [5, 5.41) is 2.74. The van der Waals surface area contributed by atoms with Gasteiger partial charge < -0.3 is 16.0 Å². The van der Waals surface area contributed by atoms with Crippen molar-refractivity contribution in [2.75, 3.05) is 23.7 Å². The van der Waals surface area contributed by atoms with E-state index in [1.165, 1.54) is 0 Å². The number of aryl methyl sites for hydroxylation is 1. The maximum atomic E-state index is 12.0. The predicted molar refractivity (Wildman–Crippen MR) is 74.8 cm³/mol. The average Bonchev–Trinajstić information content (AvgIpc) is 2.38. The number of benzene rings is 1. The Morgan fingerprint density at radius 3 is 2.95 bits per heavy atom. The van der Waals surface area contributed by atoms with Crippen molar-refractivity contribution in [1.29, 1.82) is 0 Å². The second-order valence-corrected chi connectivity index (χ2v) is 4.64. The Balaban J connectivity index is 2.12. The van der Waals surface area contributed by atoms with Gasteiger partial charge in [0.15, 0.2) is 0 Å². The fraction of sp³-hybridized carbons (Fsp3) is 0.429. The van der Waals surface area contributed by atoms with Gasteiger partial charge in [0.05, 0.1) is 0 Å². The van der Waals surface area contributed by atoms with Gasteiger partial charge in [-0.15, -0.1) is 0 Å². The number of nitrogens with two attached hydrogens (primary N) is 1. The van der Waals surface area contributed by atoms with Crippen molar-refractivity contribution in [2.24, 2.45) is 0 Å². The quantitative estimate of drug-likeness (QED) is 0.796. The largest absolute Gasteiger partial charge is 0.399 e. The zero-order valence-electron chi connectivity index (χ0n) is 11.1. The van der Waals surface area contributed by atoms with E-state index in [2.05, 4.69) is 5.32 Å². The molecule has 5 heteroatoms. The van der Waals surface area contributed by atoms with Crippen LogP contribution in [0.15, 0.2) is 18.2 Å². The van der Waals surface area contributed by atoms with Crippen molar-refractivity contribution in [2.45, 2.75) is 26.2 Å². The van der Waals surface area contributed by atoms with Crippen LogP contribution in [0.3, 0.4) is 0 Å². The fourth-order valence-electron chi connectivity index (χ4n) is 2.32. The number of nitrogen functional groups attached to an aromatic ring is 1. The molecule has 1 heterocycles. The number of carbonyl (C=O) groups excluding carboxylic acids is 2. The van der Waals surface area contributed by atoms with Crippen LogP contribution < -0.4 is 16.0 Å². The van der Waals surface area contributed by atoms with Gasteiger partial charge in [-0.25, -0.2) is 0 Å². The Hall–Kier alpha value is -2.04. The number of hydrogen-bond acceptors (Lipinski definition) is 3. The number of nitrogens with zero attached hydrogens (tertiary/aromatic N) is 1. The van der Waals surface area contributed by atoms with E-state index in [1.807, 2.05) is 19.1 Å². The summed E-state index contributed by atoms with van der Waals surface area (Å²) in [4.78, 5) is 25.2. The van der Waals surface area contributed by atoms with E-state index in [1.54, 1.807) is 11.0 Å². The third-order valence-corrected chi connectivity index (χ3v) is 3.24. The Morgan fingerprint density at radius 2 is 2.21 bits per heavy atom. The number of nitrogens with one attached hydrogen (secondary N) is 1. The van der Waals surface area contributed by atoms with Crippen molar-refractivity contribution in [1.82, 2.24) is 5.32 Å². The summed E-state index contributed by atoms with van der Waals surface area (Å²) < 4.78 is 0. The molecule has 2 amide bonds. The van der Waals surface area contributed by atoms with Crippen molar-refractivity contribution < 1.29 is 9.59 Å². The van der Waals surface area contributed by atoms with Gasteiger partial charge in [0.2, 0.25) is 11.8 Å². The molecule has 3 N–H and O–H groups in total. The maximum absolute atomic E-state index is 12.0. The molecule has 1 aromatic carbocycles. The molecule has 0 atom stereocenters. The smallest absolute Gasteiger partial charge is 0.227 e. The second-order valence-electron chi connectivity index (χ2n) is 4.64. The summed E-state index contributed by atoms with van der Waals surface area (Å²) in [6, 6.07) is 5.55. The number of rotatable bonds is 4. The van der Waals surface area contributed by atoms with E-state index in [0.29, 0.717) is 31.6 Å². The lowest BCUT2D eigenvalue weighted by Gasteiger charge is -2.29. The zero-order chi connectivity index (χ0) is 13.8. The third kappa shape index (κ3) is 3.05. The van der Waals surface area contributed by atoms with E-state index in [9.17, 15) is 9.59 Å². The highest BCUT2D eigenvalue weighted by molar-refractivity contribution is 5.97. The van der Waals surface area contributed by atoms with Gasteiger partial charge in [-0.2, -0.15) is 0 Å². The van der Waals surface area contributed by atoms with Crippen LogP contribution in [0.2, 0.25) is 0 Å². The zero-order valence-corrected chi connectivity index (χ0v) is 11.1. The predicted octanol–water partition coefficient (Wildman–Crippen LogP) is 1.07. The van der Waals surface area contributed by atoms with E-state index >= 15 is 0 Å². The molecule has 102 valence electrons. The summed E-state index contributed by atoms with van der Waals surface area (Å²) >= 11 is 0. The first-order chi connectivity index (χ1) is 9.11. The highest BCUT2D eigenvalue weighted by Crippen LogP contribution is 2.29. The van der Waals surface area contributed by atoms with Crippen LogP contribution in [0.1, 0.15) is 25.3 Å². The summed E-state index contributed by atoms with van der Waals surface area (Å²) in [5.41, 5.74) is 8.42. The van der Waals surface area contributed by atoms with Crippen molar-refractivity contribution in [3.63, 3.8) is 0 Å². The minimum Gasteiger partial charge on any atom is -0.399 e. The topological polar surface area (TPSA) is 75.4 Å². The van der Waals surface area contributed by atoms with Gasteiger partial charge in [-0.3, -0.25) is 9.59 Å². The Morgan fingerprint density at radius 1 is 1.42 bits per heavy atom. The number of amides is 2. The van der Waals surface area contributed by atoms with Gasteiger partial charge in [-0.1, -0.05) is 0 Å². The van der Waals surface area contributed by atoms with Crippen LogP contribution in [0.25, 0.3) is 0 Å². The van der Waals surface area contributed by atoms with E-state index in [-0.39, 0.29) is 11.8 Å².